The fourth-order valence-electron chi connectivity index (χ4n) is 2.53. The lowest BCUT2D eigenvalue weighted by Gasteiger charge is -2.09. The second-order valence-electron chi connectivity index (χ2n) is 5.96. The van der Waals surface area contributed by atoms with Crippen molar-refractivity contribution in [2.45, 2.75) is 25.6 Å². The van der Waals surface area contributed by atoms with E-state index in [1.165, 1.54) is 40.2 Å². The van der Waals surface area contributed by atoms with Gasteiger partial charge in [-0.15, -0.1) is 11.3 Å². The number of nitrogens with one attached hydrogen (secondary N) is 1. The Balaban J connectivity index is 1.68. The zero-order valence-corrected chi connectivity index (χ0v) is 16.9. The summed E-state index contributed by atoms with van der Waals surface area (Å²) in [7, 11) is 1.63. The van der Waals surface area contributed by atoms with Gasteiger partial charge in [0.2, 0.25) is 5.91 Å². The number of carbonyl (C=O) groups excluding carboxylic acids is 1. The van der Waals surface area contributed by atoms with Crippen LogP contribution in [0.1, 0.15) is 10.4 Å². The van der Waals surface area contributed by atoms with E-state index >= 15 is 0 Å². The SMILES string of the molecule is Cc1sc2nc(SCC(=O)Nc3ccc(OC(F)F)cc3)n(C)c(=O)c2c1C. The lowest BCUT2D eigenvalue weighted by molar-refractivity contribution is -0.113. The third-order valence-corrected chi connectivity index (χ3v) is 6.20. The first-order valence-electron chi connectivity index (χ1n) is 8.20. The van der Waals surface area contributed by atoms with E-state index < -0.39 is 6.61 Å². The van der Waals surface area contributed by atoms with Gasteiger partial charge in [-0.05, 0) is 43.7 Å². The fraction of sp³-hybridized carbons (Fsp3) is 0.278. The van der Waals surface area contributed by atoms with Crippen molar-refractivity contribution in [2.24, 2.45) is 7.05 Å². The van der Waals surface area contributed by atoms with Crippen LogP contribution < -0.4 is 15.6 Å². The van der Waals surface area contributed by atoms with Crippen LogP contribution in [0.2, 0.25) is 0 Å². The second-order valence-corrected chi connectivity index (χ2v) is 8.11. The quantitative estimate of drug-likeness (QED) is 0.478. The predicted molar refractivity (Wildman–Crippen MR) is 107 cm³/mol. The average Bonchev–Trinajstić information content (AvgIpc) is 2.92. The standard InChI is InChI=1S/C18H17F2N3O3S2/c1-9-10(2)28-15-14(9)16(25)23(3)18(22-15)27-8-13(24)21-11-4-6-12(7-5-11)26-17(19)20/h4-7,17H,8H2,1-3H3,(H,21,24). The molecular weight excluding hydrogens is 408 g/mol. The molecule has 1 N–H and O–H groups in total. The summed E-state index contributed by atoms with van der Waals surface area (Å²) in [6, 6.07) is 5.63. The number of hydrogen-bond acceptors (Lipinski definition) is 6. The van der Waals surface area contributed by atoms with Crippen molar-refractivity contribution < 1.29 is 18.3 Å². The van der Waals surface area contributed by atoms with Crippen LogP contribution in [0.25, 0.3) is 10.2 Å². The Labute approximate surface area is 167 Å². The number of fused-ring (bicyclic) bond motifs is 1. The molecule has 2 heterocycles. The van der Waals surface area contributed by atoms with Crippen LogP contribution in [0, 0.1) is 13.8 Å². The number of hydrogen-bond donors (Lipinski definition) is 1. The van der Waals surface area contributed by atoms with Crippen molar-refractivity contribution in [3.63, 3.8) is 0 Å². The molecule has 10 heteroatoms. The molecule has 3 aromatic rings. The van der Waals surface area contributed by atoms with Crippen molar-refractivity contribution in [2.75, 3.05) is 11.1 Å². The molecule has 6 nitrogen and oxygen atoms in total. The maximum absolute atomic E-state index is 12.6. The van der Waals surface area contributed by atoms with E-state index in [2.05, 4.69) is 15.0 Å². The second kappa shape index (κ2) is 8.27. The lowest BCUT2D eigenvalue weighted by atomic mass is 10.2. The van der Waals surface area contributed by atoms with Crippen molar-refractivity contribution in [1.29, 1.82) is 0 Å². The van der Waals surface area contributed by atoms with Crippen LogP contribution in [0.15, 0.2) is 34.2 Å². The summed E-state index contributed by atoms with van der Waals surface area (Å²) in [6.07, 6.45) is 0. The number of rotatable bonds is 6. The highest BCUT2D eigenvalue weighted by Crippen LogP contribution is 2.28. The van der Waals surface area contributed by atoms with Crippen molar-refractivity contribution in [3.8, 4) is 5.75 Å². The summed E-state index contributed by atoms with van der Waals surface area (Å²) in [5.74, 6) is -0.249. The molecule has 0 spiro atoms. The van der Waals surface area contributed by atoms with Crippen molar-refractivity contribution >= 4 is 44.9 Å². The molecule has 0 aliphatic heterocycles. The Morgan fingerprint density at radius 2 is 2.00 bits per heavy atom. The maximum Gasteiger partial charge on any atom is 0.387 e. The number of nitrogens with zero attached hydrogens (tertiary/aromatic N) is 2. The van der Waals surface area contributed by atoms with Gasteiger partial charge in [0.25, 0.3) is 5.56 Å². The Morgan fingerprint density at radius 1 is 1.32 bits per heavy atom. The first kappa shape index (κ1) is 20.3. The first-order valence-corrected chi connectivity index (χ1v) is 10.0. The van der Waals surface area contributed by atoms with Gasteiger partial charge in [0, 0.05) is 17.6 Å². The zero-order valence-electron chi connectivity index (χ0n) is 15.3. The third kappa shape index (κ3) is 4.33. The van der Waals surface area contributed by atoms with E-state index in [1.807, 2.05) is 13.8 Å². The predicted octanol–water partition coefficient (Wildman–Crippen LogP) is 3.94. The Bertz CT molecular complexity index is 1080. The molecule has 0 radical (unpaired) electrons. The van der Waals surface area contributed by atoms with Gasteiger partial charge < -0.3 is 10.1 Å². The van der Waals surface area contributed by atoms with Crippen LogP contribution in [-0.2, 0) is 11.8 Å². The monoisotopic (exact) mass is 425 g/mol. The smallest absolute Gasteiger partial charge is 0.387 e. The number of ether oxygens (including phenoxy) is 1. The highest BCUT2D eigenvalue weighted by Gasteiger charge is 2.16. The van der Waals surface area contributed by atoms with Gasteiger partial charge in [0.05, 0.1) is 11.1 Å². The molecule has 148 valence electrons. The molecule has 0 saturated heterocycles. The van der Waals surface area contributed by atoms with E-state index in [0.717, 1.165) is 22.2 Å². The van der Waals surface area contributed by atoms with Crippen molar-refractivity contribution in [3.05, 3.63) is 45.1 Å². The Hall–Kier alpha value is -2.46. The normalized spacial score (nSPS) is 11.2. The molecule has 0 unspecified atom stereocenters. The number of thioether (sulfide) groups is 1. The van der Waals surface area contributed by atoms with E-state index in [-0.39, 0.29) is 23.0 Å². The van der Waals surface area contributed by atoms with Crippen LogP contribution >= 0.6 is 23.1 Å². The summed E-state index contributed by atoms with van der Waals surface area (Å²) in [5.41, 5.74) is 1.25. The molecule has 0 atom stereocenters. The minimum absolute atomic E-state index is 0.0106. The highest BCUT2D eigenvalue weighted by atomic mass is 32.2. The number of amides is 1. The number of halogens is 2. The zero-order chi connectivity index (χ0) is 20.4. The molecule has 0 fully saturated rings. The number of aromatic nitrogens is 2. The molecule has 2 aromatic heterocycles. The Morgan fingerprint density at radius 3 is 2.64 bits per heavy atom. The van der Waals surface area contributed by atoms with Gasteiger partial charge in [-0.3, -0.25) is 14.2 Å². The fourth-order valence-corrected chi connectivity index (χ4v) is 4.37. The van der Waals surface area contributed by atoms with Crippen LogP contribution in [0.4, 0.5) is 14.5 Å². The maximum atomic E-state index is 12.6. The van der Waals surface area contributed by atoms with Gasteiger partial charge in [0.15, 0.2) is 5.16 Å². The topological polar surface area (TPSA) is 73.2 Å². The summed E-state index contributed by atoms with van der Waals surface area (Å²) in [4.78, 5) is 31.0. The first-order chi connectivity index (χ1) is 13.3. The summed E-state index contributed by atoms with van der Waals surface area (Å²) >= 11 is 2.61. The summed E-state index contributed by atoms with van der Waals surface area (Å²) in [6.45, 7) is 0.943. The average molecular weight is 425 g/mol. The van der Waals surface area contributed by atoms with Gasteiger partial charge in [-0.1, -0.05) is 11.8 Å². The lowest BCUT2D eigenvalue weighted by Crippen LogP contribution is -2.21. The molecule has 3 rings (SSSR count). The highest BCUT2D eigenvalue weighted by molar-refractivity contribution is 7.99. The minimum atomic E-state index is -2.90. The largest absolute Gasteiger partial charge is 0.435 e. The van der Waals surface area contributed by atoms with Gasteiger partial charge >= 0.3 is 6.61 Å². The number of aryl methyl sites for hydroxylation is 2. The number of carbonyl (C=O) groups is 1. The van der Waals surface area contributed by atoms with E-state index in [0.29, 0.717) is 21.1 Å². The van der Waals surface area contributed by atoms with E-state index in [1.54, 1.807) is 7.05 Å². The molecule has 0 aliphatic rings. The van der Waals surface area contributed by atoms with E-state index in [9.17, 15) is 18.4 Å². The third-order valence-electron chi connectivity index (χ3n) is 4.06. The van der Waals surface area contributed by atoms with Gasteiger partial charge in [-0.25, -0.2) is 4.98 Å². The molecule has 1 amide bonds. The van der Waals surface area contributed by atoms with Crippen molar-refractivity contribution in [1.82, 2.24) is 9.55 Å². The van der Waals surface area contributed by atoms with Crippen LogP contribution in [0.5, 0.6) is 5.75 Å². The number of thiophene rings is 1. The van der Waals surface area contributed by atoms with E-state index in [4.69, 9.17) is 0 Å². The molecule has 1 aromatic carbocycles. The van der Waals surface area contributed by atoms with Crippen LogP contribution in [0.3, 0.4) is 0 Å². The van der Waals surface area contributed by atoms with Gasteiger partial charge in [-0.2, -0.15) is 8.78 Å². The molecular formula is C18H17F2N3O3S2. The summed E-state index contributed by atoms with van der Waals surface area (Å²) < 4.78 is 30.0. The van der Waals surface area contributed by atoms with Gasteiger partial charge in [0.1, 0.15) is 10.6 Å². The molecule has 0 bridgehead atoms. The molecule has 28 heavy (non-hydrogen) atoms. The molecule has 0 saturated carbocycles. The minimum Gasteiger partial charge on any atom is -0.435 e. The molecule has 0 aliphatic carbocycles. The Kier molecular flexibility index (Phi) is 5.99. The number of benzene rings is 1. The number of anilines is 1. The van der Waals surface area contributed by atoms with Crippen LogP contribution in [-0.4, -0.2) is 27.8 Å². The summed E-state index contributed by atoms with van der Waals surface area (Å²) in [5, 5.41) is 3.73. The number of alkyl halides is 2.